The summed E-state index contributed by atoms with van der Waals surface area (Å²) < 4.78 is 26.5. The number of nitrogens with two attached hydrogens (primary N) is 1. The van der Waals surface area contributed by atoms with Gasteiger partial charge < -0.3 is 16.4 Å². The Morgan fingerprint density at radius 3 is 2.66 bits per heavy atom. The lowest BCUT2D eigenvalue weighted by Crippen LogP contribution is -2.19. The van der Waals surface area contributed by atoms with E-state index in [0.29, 0.717) is 41.2 Å². The molecule has 170 valence electrons. The van der Waals surface area contributed by atoms with E-state index in [1.807, 2.05) is 24.3 Å². The highest BCUT2D eigenvalue weighted by molar-refractivity contribution is 6.33. The summed E-state index contributed by atoms with van der Waals surface area (Å²) in [6.45, 7) is 3.15. The first-order chi connectivity index (χ1) is 15.5. The van der Waals surface area contributed by atoms with Crippen LogP contribution in [0.25, 0.3) is 11.3 Å². The number of aromatic nitrogens is 2. The molecule has 0 saturated heterocycles. The van der Waals surface area contributed by atoms with Crippen molar-refractivity contribution in [3.63, 3.8) is 0 Å². The molecule has 0 bridgehead atoms. The number of anilines is 2. The van der Waals surface area contributed by atoms with Crippen LogP contribution in [0.4, 0.5) is 20.4 Å². The molecule has 2 aromatic heterocycles. The van der Waals surface area contributed by atoms with Crippen LogP contribution in [0.5, 0.6) is 0 Å². The maximum atomic E-state index is 13.4. The highest BCUT2D eigenvalue weighted by Crippen LogP contribution is 2.29. The first-order valence-electron chi connectivity index (χ1n) is 10.8. The van der Waals surface area contributed by atoms with Crippen molar-refractivity contribution in [2.75, 3.05) is 17.2 Å². The van der Waals surface area contributed by atoms with Gasteiger partial charge in [0.05, 0.1) is 10.7 Å². The predicted molar refractivity (Wildman–Crippen MR) is 127 cm³/mol. The van der Waals surface area contributed by atoms with Gasteiger partial charge in [0, 0.05) is 24.3 Å². The minimum Gasteiger partial charge on any atom is -0.367 e. The van der Waals surface area contributed by atoms with Gasteiger partial charge in [0.1, 0.15) is 11.6 Å². The van der Waals surface area contributed by atoms with Crippen molar-refractivity contribution in [3.05, 3.63) is 70.9 Å². The molecule has 4 N–H and O–H groups in total. The molecule has 1 atom stereocenters. The average Bonchev–Trinajstić information content (AvgIpc) is 2.80. The first kappa shape index (κ1) is 23.9. The van der Waals surface area contributed by atoms with Gasteiger partial charge in [-0.1, -0.05) is 37.1 Å². The van der Waals surface area contributed by atoms with Crippen molar-refractivity contribution in [2.24, 2.45) is 5.73 Å². The van der Waals surface area contributed by atoms with Crippen LogP contribution in [0, 0.1) is 11.6 Å². The number of benzene rings is 1. The third-order valence-electron chi connectivity index (χ3n) is 5.19. The van der Waals surface area contributed by atoms with Crippen molar-refractivity contribution < 1.29 is 8.78 Å². The number of nitrogens with one attached hydrogen (secondary N) is 2. The largest absolute Gasteiger partial charge is 0.367 e. The zero-order chi connectivity index (χ0) is 22.9. The van der Waals surface area contributed by atoms with E-state index in [2.05, 4.69) is 27.5 Å². The van der Waals surface area contributed by atoms with Crippen molar-refractivity contribution >= 4 is 23.2 Å². The standard InChI is InChI=1S/C24H28ClF2N5/c1-2-17(6-3-4-11-28)31-24-13-18(19(25)15-30-24)22-7-5-8-23(32-22)29-14-16-9-10-20(26)21(27)12-16/h5,7-10,12-13,15,17H,2-4,6,11,14,28H2,1H3,(H,29,32)(H,30,31). The molecule has 0 fully saturated rings. The minimum atomic E-state index is -0.872. The topological polar surface area (TPSA) is 75.9 Å². The smallest absolute Gasteiger partial charge is 0.159 e. The quantitative estimate of drug-likeness (QED) is 0.306. The van der Waals surface area contributed by atoms with Crippen LogP contribution in [-0.2, 0) is 6.54 Å². The van der Waals surface area contributed by atoms with Gasteiger partial charge in [-0.15, -0.1) is 0 Å². The van der Waals surface area contributed by atoms with Crippen LogP contribution < -0.4 is 16.4 Å². The summed E-state index contributed by atoms with van der Waals surface area (Å²) in [5.41, 5.74) is 7.66. The number of rotatable bonds is 11. The van der Waals surface area contributed by atoms with Gasteiger partial charge in [-0.25, -0.2) is 18.7 Å². The minimum absolute atomic E-state index is 0.306. The second kappa shape index (κ2) is 11.7. The summed E-state index contributed by atoms with van der Waals surface area (Å²) in [6, 6.07) is 11.6. The van der Waals surface area contributed by atoms with Crippen molar-refractivity contribution in [3.8, 4) is 11.3 Å². The van der Waals surface area contributed by atoms with Gasteiger partial charge in [-0.2, -0.15) is 0 Å². The Morgan fingerprint density at radius 1 is 1.06 bits per heavy atom. The highest BCUT2D eigenvalue weighted by Gasteiger charge is 2.12. The third kappa shape index (κ3) is 6.61. The average molecular weight is 460 g/mol. The Bertz CT molecular complexity index is 1030. The summed E-state index contributed by atoms with van der Waals surface area (Å²) >= 11 is 6.42. The molecule has 0 aliphatic heterocycles. The number of unbranched alkanes of at least 4 members (excludes halogenated alkanes) is 1. The molecular formula is C24H28ClF2N5. The van der Waals surface area contributed by atoms with Crippen LogP contribution >= 0.6 is 11.6 Å². The lowest BCUT2D eigenvalue weighted by Gasteiger charge is -2.18. The molecule has 2 heterocycles. The van der Waals surface area contributed by atoms with E-state index in [-0.39, 0.29) is 0 Å². The van der Waals surface area contributed by atoms with E-state index < -0.39 is 11.6 Å². The fraction of sp³-hybridized carbons (Fsp3) is 0.333. The summed E-state index contributed by atoms with van der Waals surface area (Å²) in [5, 5.41) is 7.11. The van der Waals surface area contributed by atoms with Gasteiger partial charge in [-0.05, 0) is 61.7 Å². The molecule has 3 aromatic rings. The molecule has 0 spiro atoms. The number of pyridine rings is 2. The van der Waals surface area contributed by atoms with Crippen LogP contribution in [0.1, 0.15) is 38.2 Å². The van der Waals surface area contributed by atoms with Gasteiger partial charge in [-0.3, -0.25) is 0 Å². The zero-order valence-corrected chi connectivity index (χ0v) is 18.8. The van der Waals surface area contributed by atoms with Crippen LogP contribution in [0.3, 0.4) is 0 Å². The second-order valence-electron chi connectivity index (χ2n) is 7.59. The maximum Gasteiger partial charge on any atom is 0.159 e. The maximum absolute atomic E-state index is 13.4. The summed E-state index contributed by atoms with van der Waals surface area (Å²) in [5.74, 6) is -0.396. The fourth-order valence-electron chi connectivity index (χ4n) is 3.36. The van der Waals surface area contributed by atoms with Crippen molar-refractivity contribution in [1.29, 1.82) is 0 Å². The molecule has 3 rings (SSSR count). The van der Waals surface area contributed by atoms with E-state index in [4.69, 9.17) is 17.3 Å². The molecule has 5 nitrogen and oxygen atoms in total. The number of hydrogen-bond donors (Lipinski definition) is 3. The second-order valence-corrected chi connectivity index (χ2v) is 8.00. The Morgan fingerprint density at radius 2 is 1.91 bits per heavy atom. The Kier molecular flexibility index (Phi) is 8.76. The summed E-state index contributed by atoms with van der Waals surface area (Å²) in [4.78, 5) is 9.04. The van der Waals surface area contributed by atoms with Gasteiger partial charge in [0.2, 0.25) is 0 Å². The Balaban J connectivity index is 1.73. The van der Waals surface area contributed by atoms with Crippen molar-refractivity contribution in [2.45, 2.75) is 45.2 Å². The van der Waals surface area contributed by atoms with Gasteiger partial charge >= 0.3 is 0 Å². The summed E-state index contributed by atoms with van der Waals surface area (Å²) in [7, 11) is 0. The highest BCUT2D eigenvalue weighted by atomic mass is 35.5. The van der Waals surface area contributed by atoms with E-state index in [9.17, 15) is 8.78 Å². The lowest BCUT2D eigenvalue weighted by atomic mass is 10.1. The molecule has 0 saturated carbocycles. The lowest BCUT2D eigenvalue weighted by molar-refractivity contribution is 0.507. The Labute approximate surface area is 192 Å². The first-order valence-corrected chi connectivity index (χ1v) is 11.1. The van der Waals surface area contributed by atoms with Crippen LogP contribution in [0.15, 0.2) is 48.7 Å². The number of halogens is 3. The molecular weight excluding hydrogens is 432 g/mol. The van der Waals surface area contributed by atoms with E-state index >= 15 is 0 Å². The molecule has 1 unspecified atom stereocenters. The molecule has 0 aliphatic carbocycles. The molecule has 8 heteroatoms. The normalized spacial score (nSPS) is 11.9. The predicted octanol–water partition coefficient (Wildman–Crippen LogP) is 6.01. The molecule has 0 amide bonds. The van der Waals surface area contributed by atoms with E-state index in [1.54, 1.807) is 6.20 Å². The van der Waals surface area contributed by atoms with E-state index in [1.165, 1.54) is 12.1 Å². The third-order valence-corrected chi connectivity index (χ3v) is 5.49. The molecule has 0 radical (unpaired) electrons. The number of hydrogen-bond acceptors (Lipinski definition) is 5. The van der Waals surface area contributed by atoms with Gasteiger partial charge in [0.25, 0.3) is 0 Å². The molecule has 1 aromatic carbocycles. The van der Waals surface area contributed by atoms with Crippen LogP contribution in [-0.4, -0.2) is 22.6 Å². The summed E-state index contributed by atoms with van der Waals surface area (Å²) in [6.07, 6.45) is 5.69. The molecule has 0 aliphatic rings. The van der Waals surface area contributed by atoms with Crippen LogP contribution in [0.2, 0.25) is 5.02 Å². The Hall–Kier alpha value is -2.77. The van der Waals surface area contributed by atoms with Crippen molar-refractivity contribution in [1.82, 2.24) is 9.97 Å². The SMILES string of the molecule is CCC(CCCCN)Nc1cc(-c2cccc(NCc3ccc(F)c(F)c3)n2)c(Cl)cn1. The fourth-order valence-corrected chi connectivity index (χ4v) is 3.56. The monoisotopic (exact) mass is 459 g/mol. The molecule has 32 heavy (non-hydrogen) atoms. The van der Waals surface area contributed by atoms with Gasteiger partial charge in [0.15, 0.2) is 11.6 Å². The number of nitrogens with zero attached hydrogens (tertiary/aromatic N) is 2. The zero-order valence-electron chi connectivity index (χ0n) is 18.0. The van der Waals surface area contributed by atoms with E-state index in [0.717, 1.165) is 43.1 Å².